The molecule has 6 heteroatoms. The van der Waals surface area contributed by atoms with Gasteiger partial charge in [-0.2, -0.15) is 8.42 Å². The molecule has 0 spiro atoms. The molecule has 1 N–H and O–H groups in total. The second-order valence-electron chi connectivity index (χ2n) is 5.00. The molecule has 0 bridgehead atoms. The lowest BCUT2D eigenvalue weighted by Crippen LogP contribution is -2.16. The van der Waals surface area contributed by atoms with Gasteiger partial charge in [0, 0.05) is 10.6 Å². The molecule has 0 saturated carbocycles. The molecule has 1 unspecified atom stereocenters. The summed E-state index contributed by atoms with van der Waals surface area (Å²) < 4.78 is 42.4. The van der Waals surface area contributed by atoms with E-state index >= 15 is 0 Å². The minimum Gasteiger partial charge on any atom is -0.282 e. The maximum atomic E-state index is 11.9. The van der Waals surface area contributed by atoms with E-state index in [-0.39, 0.29) is 10.3 Å². The Morgan fingerprint density at radius 1 is 1.18 bits per heavy atom. The van der Waals surface area contributed by atoms with Crippen molar-refractivity contribution in [2.24, 2.45) is 5.41 Å². The average Bonchev–Trinajstić information content (AvgIpc) is 2.14. The first kappa shape index (κ1) is 14.3. The van der Waals surface area contributed by atoms with E-state index in [2.05, 4.69) is 0 Å². The van der Waals surface area contributed by atoms with E-state index in [4.69, 9.17) is 4.55 Å². The lowest BCUT2D eigenvalue weighted by atomic mass is 10.0. The van der Waals surface area contributed by atoms with Crippen molar-refractivity contribution in [2.45, 2.75) is 30.6 Å². The minimum atomic E-state index is -4.18. The molecule has 0 fully saturated rings. The van der Waals surface area contributed by atoms with Gasteiger partial charge in [0.2, 0.25) is 0 Å². The van der Waals surface area contributed by atoms with Crippen LogP contribution in [0.25, 0.3) is 0 Å². The van der Waals surface area contributed by atoms with Crippen LogP contribution in [0.2, 0.25) is 0 Å². The van der Waals surface area contributed by atoms with E-state index in [0.717, 1.165) is 0 Å². The van der Waals surface area contributed by atoms with Gasteiger partial charge < -0.3 is 0 Å². The van der Waals surface area contributed by atoms with Crippen LogP contribution in [-0.4, -0.2) is 22.9 Å². The summed E-state index contributed by atoms with van der Waals surface area (Å²) in [5.74, 6) is 0.498. The Bertz CT molecular complexity index is 509. The first-order chi connectivity index (χ1) is 7.59. The largest absolute Gasteiger partial charge is 0.294 e. The predicted octanol–water partition coefficient (Wildman–Crippen LogP) is 2.09. The van der Waals surface area contributed by atoms with Crippen LogP contribution < -0.4 is 0 Å². The van der Waals surface area contributed by atoms with Gasteiger partial charge in [-0.05, 0) is 29.7 Å². The zero-order valence-electron chi connectivity index (χ0n) is 10.0. The fourth-order valence-corrected chi connectivity index (χ4v) is 3.11. The lowest BCUT2D eigenvalue weighted by Gasteiger charge is -2.17. The van der Waals surface area contributed by atoms with Crippen molar-refractivity contribution < 1.29 is 17.2 Å². The highest BCUT2D eigenvalue weighted by Crippen LogP contribution is 2.20. The fraction of sp³-hybridized carbons (Fsp3) is 0.455. The van der Waals surface area contributed by atoms with Crippen molar-refractivity contribution in [3.05, 3.63) is 24.3 Å². The van der Waals surface area contributed by atoms with Crippen LogP contribution in [-0.2, 0) is 20.9 Å². The third kappa shape index (κ3) is 4.57. The van der Waals surface area contributed by atoms with Crippen LogP contribution in [0.5, 0.6) is 0 Å². The van der Waals surface area contributed by atoms with Crippen LogP contribution in [0.15, 0.2) is 34.1 Å². The Kier molecular flexibility index (Phi) is 4.11. The zero-order chi connectivity index (χ0) is 13.3. The van der Waals surface area contributed by atoms with Crippen molar-refractivity contribution in [1.82, 2.24) is 0 Å². The van der Waals surface area contributed by atoms with Gasteiger partial charge in [-0.1, -0.05) is 20.8 Å². The van der Waals surface area contributed by atoms with Crippen molar-refractivity contribution in [1.29, 1.82) is 0 Å². The summed E-state index contributed by atoms with van der Waals surface area (Å²) in [5.41, 5.74) is -0.0629. The van der Waals surface area contributed by atoms with Gasteiger partial charge in [-0.25, -0.2) is 0 Å². The summed E-state index contributed by atoms with van der Waals surface area (Å²) in [4.78, 5) is 0.376. The smallest absolute Gasteiger partial charge is 0.282 e. The van der Waals surface area contributed by atoms with Crippen molar-refractivity contribution in [2.75, 3.05) is 5.75 Å². The highest BCUT2D eigenvalue weighted by molar-refractivity contribution is 7.86. The summed E-state index contributed by atoms with van der Waals surface area (Å²) in [6, 6.07) is 5.44. The predicted molar refractivity (Wildman–Crippen MR) is 67.0 cm³/mol. The fourth-order valence-electron chi connectivity index (χ4n) is 1.24. The second-order valence-corrected chi connectivity index (χ2v) is 7.87. The number of rotatable bonds is 3. The maximum Gasteiger partial charge on any atom is 0.294 e. The Morgan fingerprint density at radius 3 is 2.00 bits per heavy atom. The van der Waals surface area contributed by atoms with E-state index in [1.165, 1.54) is 24.3 Å². The molecule has 4 nitrogen and oxygen atoms in total. The normalized spacial score (nSPS) is 14.6. The number of hydrogen-bond donors (Lipinski definition) is 1. The van der Waals surface area contributed by atoms with Crippen LogP contribution in [0.3, 0.4) is 0 Å². The Hall–Kier alpha value is -0.720. The number of hydrogen-bond acceptors (Lipinski definition) is 3. The van der Waals surface area contributed by atoms with Gasteiger partial charge in [0.05, 0.1) is 15.7 Å². The van der Waals surface area contributed by atoms with Crippen molar-refractivity contribution >= 4 is 20.9 Å². The van der Waals surface area contributed by atoms with Crippen LogP contribution >= 0.6 is 0 Å². The monoisotopic (exact) mass is 276 g/mol. The molecule has 0 aliphatic carbocycles. The standard InChI is InChI=1S/C11H16O4S2/c1-11(2,3)8-16(12)9-4-6-10(7-5-9)17(13,14)15/h4-7H,8H2,1-3H3,(H,13,14,15). The topological polar surface area (TPSA) is 71.4 Å². The van der Waals surface area contributed by atoms with Crippen LogP contribution in [0.1, 0.15) is 20.8 Å². The molecule has 0 aliphatic rings. The third-order valence-corrected chi connectivity index (χ3v) is 4.74. The van der Waals surface area contributed by atoms with Crippen LogP contribution in [0.4, 0.5) is 0 Å². The molecule has 1 aromatic carbocycles. The molecular weight excluding hydrogens is 260 g/mol. The Labute approximate surface area is 104 Å². The van der Waals surface area contributed by atoms with Crippen molar-refractivity contribution in [3.63, 3.8) is 0 Å². The minimum absolute atomic E-state index is 0.0629. The molecule has 96 valence electrons. The molecular formula is C11H16O4S2. The molecule has 1 rings (SSSR count). The van der Waals surface area contributed by atoms with E-state index in [1.807, 2.05) is 20.8 Å². The molecule has 0 amide bonds. The first-order valence-electron chi connectivity index (χ1n) is 5.05. The first-order valence-corrected chi connectivity index (χ1v) is 7.81. The lowest BCUT2D eigenvalue weighted by molar-refractivity contribution is 0.473. The van der Waals surface area contributed by atoms with Crippen LogP contribution in [0, 0.1) is 5.41 Å². The van der Waals surface area contributed by atoms with Gasteiger partial charge in [-0.3, -0.25) is 8.76 Å². The molecule has 0 aliphatic heterocycles. The molecule has 17 heavy (non-hydrogen) atoms. The molecule has 0 heterocycles. The van der Waals surface area contributed by atoms with Gasteiger partial charge in [0.1, 0.15) is 0 Å². The number of benzene rings is 1. The maximum absolute atomic E-state index is 11.9. The molecule has 0 radical (unpaired) electrons. The second kappa shape index (κ2) is 4.88. The summed E-state index contributed by atoms with van der Waals surface area (Å²) in [6.07, 6.45) is 0. The van der Waals surface area contributed by atoms with E-state index in [1.54, 1.807) is 0 Å². The van der Waals surface area contributed by atoms with Gasteiger partial charge in [0.15, 0.2) is 0 Å². The van der Waals surface area contributed by atoms with Gasteiger partial charge in [0.25, 0.3) is 10.1 Å². The molecule has 0 saturated heterocycles. The highest BCUT2D eigenvalue weighted by Gasteiger charge is 2.17. The summed E-state index contributed by atoms with van der Waals surface area (Å²) in [6.45, 7) is 5.95. The SMILES string of the molecule is CC(C)(C)CS(=O)c1ccc(S(=O)(=O)O)cc1. The molecule has 1 aromatic rings. The third-order valence-electron chi connectivity index (χ3n) is 1.95. The van der Waals surface area contributed by atoms with Gasteiger partial charge in [-0.15, -0.1) is 0 Å². The van der Waals surface area contributed by atoms with E-state index in [9.17, 15) is 12.6 Å². The van der Waals surface area contributed by atoms with Crippen molar-refractivity contribution in [3.8, 4) is 0 Å². The summed E-state index contributed by atoms with van der Waals surface area (Å²) >= 11 is 0. The molecule has 0 aromatic heterocycles. The zero-order valence-corrected chi connectivity index (χ0v) is 11.6. The summed E-state index contributed by atoms with van der Waals surface area (Å²) in [7, 11) is -5.34. The van der Waals surface area contributed by atoms with E-state index < -0.39 is 20.9 Å². The molecule has 1 atom stereocenters. The Morgan fingerprint density at radius 2 is 1.65 bits per heavy atom. The van der Waals surface area contributed by atoms with Gasteiger partial charge >= 0.3 is 0 Å². The highest BCUT2D eigenvalue weighted by atomic mass is 32.2. The quantitative estimate of drug-likeness (QED) is 0.858. The average molecular weight is 276 g/mol. The van der Waals surface area contributed by atoms with E-state index in [0.29, 0.717) is 10.6 Å². The Balaban J connectivity index is 2.93. The summed E-state index contributed by atoms with van der Waals surface area (Å²) in [5, 5.41) is 0.